The van der Waals surface area contributed by atoms with Gasteiger partial charge in [-0.25, -0.2) is 9.67 Å². The summed E-state index contributed by atoms with van der Waals surface area (Å²) in [6.45, 7) is 7.84. The van der Waals surface area contributed by atoms with Crippen molar-refractivity contribution in [2.75, 3.05) is 5.32 Å². The number of amides is 1. The van der Waals surface area contributed by atoms with E-state index in [0.717, 1.165) is 27.4 Å². The van der Waals surface area contributed by atoms with Crippen LogP contribution < -0.4 is 5.32 Å². The minimum absolute atomic E-state index is 0.266. The average molecular weight is 486 g/mol. The summed E-state index contributed by atoms with van der Waals surface area (Å²) in [7, 11) is 0. The first-order valence-electron chi connectivity index (χ1n) is 9.94. The SMILES string of the molecule is Cc1ccc(-n2nnc(C(=O)Nc3nc(C)c(Cc4ccc(Cl)c(Cl)c4)s3)c2C)cc1C. The Bertz CT molecular complexity index is 1330. The molecule has 1 N–H and O–H groups in total. The van der Waals surface area contributed by atoms with Crippen LogP contribution in [0.3, 0.4) is 0 Å². The van der Waals surface area contributed by atoms with E-state index in [-0.39, 0.29) is 11.6 Å². The number of anilines is 1. The number of benzene rings is 2. The van der Waals surface area contributed by atoms with Crippen molar-refractivity contribution in [3.8, 4) is 5.69 Å². The molecule has 2 aromatic carbocycles. The second kappa shape index (κ2) is 9.02. The molecule has 0 aliphatic carbocycles. The van der Waals surface area contributed by atoms with E-state index in [0.29, 0.717) is 27.3 Å². The maximum atomic E-state index is 12.9. The minimum atomic E-state index is -0.340. The number of carbonyl (C=O) groups excluding carboxylic acids is 1. The summed E-state index contributed by atoms with van der Waals surface area (Å²) in [4.78, 5) is 18.4. The van der Waals surface area contributed by atoms with E-state index in [1.807, 2.05) is 51.1 Å². The lowest BCUT2D eigenvalue weighted by Gasteiger charge is -2.06. The van der Waals surface area contributed by atoms with Crippen molar-refractivity contribution >= 4 is 45.6 Å². The number of thiazole rings is 1. The number of aromatic nitrogens is 4. The molecule has 9 heteroatoms. The predicted molar refractivity (Wildman–Crippen MR) is 130 cm³/mol. The molecule has 0 unspecified atom stereocenters. The molecular weight excluding hydrogens is 465 g/mol. The van der Waals surface area contributed by atoms with E-state index in [2.05, 4.69) is 27.5 Å². The number of nitrogens with one attached hydrogen (secondary N) is 1. The third kappa shape index (κ3) is 4.55. The number of hydrogen-bond donors (Lipinski definition) is 1. The molecule has 164 valence electrons. The molecule has 6 nitrogen and oxygen atoms in total. The Hall–Kier alpha value is -2.74. The molecule has 2 heterocycles. The first kappa shape index (κ1) is 22.5. The Morgan fingerprint density at radius 2 is 1.81 bits per heavy atom. The van der Waals surface area contributed by atoms with Gasteiger partial charge in [-0.05, 0) is 68.7 Å². The lowest BCUT2D eigenvalue weighted by molar-refractivity contribution is 0.102. The van der Waals surface area contributed by atoms with Crippen molar-refractivity contribution < 1.29 is 4.79 Å². The number of carbonyl (C=O) groups is 1. The summed E-state index contributed by atoms with van der Waals surface area (Å²) in [5.41, 5.74) is 6.02. The van der Waals surface area contributed by atoms with Crippen LogP contribution in [0.4, 0.5) is 5.13 Å². The Morgan fingerprint density at radius 1 is 1.03 bits per heavy atom. The molecule has 0 spiro atoms. The highest BCUT2D eigenvalue weighted by molar-refractivity contribution is 7.15. The van der Waals surface area contributed by atoms with Crippen LogP contribution in [0.15, 0.2) is 36.4 Å². The van der Waals surface area contributed by atoms with Crippen molar-refractivity contribution in [3.63, 3.8) is 0 Å². The van der Waals surface area contributed by atoms with E-state index in [1.54, 1.807) is 10.7 Å². The molecule has 0 bridgehead atoms. The molecule has 4 aromatic rings. The zero-order valence-electron chi connectivity index (χ0n) is 18.0. The Morgan fingerprint density at radius 3 is 2.53 bits per heavy atom. The molecule has 0 saturated heterocycles. The predicted octanol–water partition coefficient (Wildman–Crippen LogP) is 6.11. The molecular formula is C23H21Cl2N5OS. The number of aryl methyl sites for hydroxylation is 3. The summed E-state index contributed by atoms with van der Waals surface area (Å²) in [5.74, 6) is -0.340. The molecule has 0 saturated carbocycles. The standard InChI is InChI=1S/C23H21Cl2N5OS/c1-12-5-7-17(9-13(12)2)30-15(4)21(28-29-30)22(31)27-23-26-14(3)20(32-23)11-16-6-8-18(24)19(25)10-16/h5-10H,11H2,1-4H3,(H,26,27,31). The highest BCUT2D eigenvalue weighted by atomic mass is 35.5. The highest BCUT2D eigenvalue weighted by Crippen LogP contribution is 2.29. The third-order valence-electron chi connectivity index (χ3n) is 5.31. The van der Waals surface area contributed by atoms with Gasteiger partial charge in [-0.2, -0.15) is 0 Å². The topological polar surface area (TPSA) is 72.7 Å². The van der Waals surface area contributed by atoms with Crippen molar-refractivity contribution in [1.82, 2.24) is 20.0 Å². The molecule has 4 rings (SSSR count). The molecule has 0 aliphatic rings. The van der Waals surface area contributed by atoms with Crippen molar-refractivity contribution in [2.24, 2.45) is 0 Å². The summed E-state index contributed by atoms with van der Waals surface area (Å²) >= 11 is 13.5. The maximum absolute atomic E-state index is 12.9. The van der Waals surface area contributed by atoms with Gasteiger partial charge in [0, 0.05) is 11.3 Å². The van der Waals surface area contributed by atoms with Gasteiger partial charge in [0.25, 0.3) is 5.91 Å². The highest BCUT2D eigenvalue weighted by Gasteiger charge is 2.20. The zero-order chi connectivity index (χ0) is 23.0. The van der Waals surface area contributed by atoms with Crippen LogP contribution in [-0.2, 0) is 6.42 Å². The van der Waals surface area contributed by atoms with Gasteiger partial charge in [-0.1, -0.05) is 40.5 Å². The van der Waals surface area contributed by atoms with Gasteiger partial charge in [0.15, 0.2) is 10.8 Å². The van der Waals surface area contributed by atoms with Gasteiger partial charge >= 0.3 is 0 Å². The number of rotatable bonds is 5. The summed E-state index contributed by atoms with van der Waals surface area (Å²) < 4.78 is 1.67. The van der Waals surface area contributed by atoms with Gasteiger partial charge < -0.3 is 0 Å². The monoisotopic (exact) mass is 485 g/mol. The fourth-order valence-corrected chi connectivity index (χ4v) is 4.59. The van der Waals surface area contributed by atoms with Crippen LogP contribution in [-0.4, -0.2) is 25.9 Å². The van der Waals surface area contributed by atoms with Crippen LogP contribution in [0.1, 0.15) is 43.4 Å². The molecule has 1 amide bonds. The summed E-state index contributed by atoms with van der Waals surface area (Å²) in [6, 6.07) is 11.6. The van der Waals surface area contributed by atoms with Crippen LogP contribution in [0.2, 0.25) is 10.0 Å². The molecule has 0 aliphatic heterocycles. The summed E-state index contributed by atoms with van der Waals surface area (Å²) in [6.07, 6.45) is 0.651. The fourth-order valence-electron chi connectivity index (χ4n) is 3.28. The van der Waals surface area contributed by atoms with Crippen molar-refractivity contribution in [3.05, 3.63) is 85.1 Å². The van der Waals surface area contributed by atoms with E-state index in [1.165, 1.54) is 16.9 Å². The van der Waals surface area contributed by atoms with Gasteiger partial charge in [0.1, 0.15) is 0 Å². The van der Waals surface area contributed by atoms with Gasteiger partial charge in [0.2, 0.25) is 0 Å². The quantitative estimate of drug-likeness (QED) is 0.370. The van der Waals surface area contributed by atoms with Crippen molar-refractivity contribution in [1.29, 1.82) is 0 Å². The van der Waals surface area contributed by atoms with Crippen molar-refractivity contribution in [2.45, 2.75) is 34.1 Å². The van der Waals surface area contributed by atoms with Crippen LogP contribution >= 0.6 is 34.5 Å². The lowest BCUT2D eigenvalue weighted by atomic mass is 10.1. The molecule has 0 atom stereocenters. The van der Waals surface area contributed by atoms with Gasteiger partial charge in [-0.15, -0.1) is 16.4 Å². The molecule has 32 heavy (non-hydrogen) atoms. The summed E-state index contributed by atoms with van der Waals surface area (Å²) in [5, 5.41) is 12.7. The smallest absolute Gasteiger partial charge is 0.279 e. The van der Waals surface area contributed by atoms with E-state index in [9.17, 15) is 4.79 Å². The number of nitrogens with zero attached hydrogens (tertiary/aromatic N) is 4. The first-order valence-corrected chi connectivity index (χ1v) is 11.5. The molecule has 2 aromatic heterocycles. The Balaban J connectivity index is 1.52. The maximum Gasteiger partial charge on any atom is 0.279 e. The third-order valence-corrected chi connectivity index (χ3v) is 7.12. The van der Waals surface area contributed by atoms with E-state index < -0.39 is 0 Å². The van der Waals surface area contributed by atoms with E-state index in [4.69, 9.17) is 23.2 Å². The first-order chi connectivity index (χ1) is 15.2. The zero-order valence-corrected chi connectivity index (χ0v) is 20.4. The van der Waals surface area contributed by atoms with Gasteiger partial charge in [-0.3, -0.25) is 10.1 Å². The van der Waals surface area contributed by atoms with Gasteiger partial charge in [0.05, 0.1) is 27.1 Å². The average Bonchev–Trinajstić information content (AvgIpc) is 3.29. The largest absolute Gasteiger partial charge is 0.296 e. The second-order valence-electron chi connectivity index (χ2n) is 7.61. The molecule has 0 fully saturated rings. The lowest BCUT2D eigenvalue weighted by Crippen LogP contribution is -2.14. The minimum Gasteiger partial charge on any atom is -0.296 e. The van der Waals surface area contributed by atoms with Crippen LogP contribution in [0.5, 0.6) is 0 Å². The fraction of sp³-hybridized carbons (Fsp3) is 0.217. The number of hydrogen-bond acceptors (Lipinski definition) is 5. The number of halogens is 2. The van der Waals surface area contributed by atoms with Crippen LogP contribution in [0.25, 0.3) is 5.69 Å². The normalized spacial score (nSPS) is 11.1. The van der Waals surface area contributed by atoms with E-state index >= 15 is 0 Å². The van der Waals surface area contributed by atoms with Crippen LogP contribution in [0, 0.1) is 27.7 Å². The molecule has 0 radical (unpaired) electrons. The second-order valence-corrected chi connectivity index (χ2v) is 9.51. The Labute approximate surface area is 200 Å². The Kier molecular flexibility index (Phi) is 6.33.